The topological polar surface area (TPSA) is 70.6 Å². The Morgan fingerprint density at radius 1 is 1.11 bits per heavy atom. The van der Waals surface area contributed by atoms with E-state index in [1.807, 2.05) is 6.07 Å². The molecule has 2 saturated heterocycles. The number of methoxy groups -OCH3 is 1. The molecular weight excluding hydrogens is 458 g/mol. The molecule has 2 aromatic heterocycles. The van der Waals surface area contributed by atoms with Crippen molar-refractivity contribution in [3.8, 4) is 11.1 Å². The van der Waals surface area contributed by atoms with Crippen molar-refractivity contribution < 1.29 is 9.53 Å². The van der Waals surface area contributed by atoms with Crippen LogP contribution < -0.4 is 10.2 Å². The van der Waals surface area contributed by atoms with Crippen molar-refractivity contribution in [3.63, 3.8) is 0 Å². The monoisotopic (exact) mass is 493 g/mol. The first kappa shape index (κ1) is 24.2. The number of benzene rings is 1. The van der Waals surface area contributed by atoms with Crippen molar-refractivity contribution >= 4 is 33.3 Å². The smallest absolute Gasteiger partial charge is 0.227 e. The summed E-state index contributed by atoms with van der Waals surface area (Å²) in [6.45, 7) is 6.56. The van der Waals surface area contributed by atoms with Crippen LogP contribution in [0.5, 0.6) is 0 Å². The zero-order valence-corrected chi connectivity index (χ0v) is 21.4. The molecule has 1 aromatic carbocycles. The summed E-state index contributed by atoms with van der Waals surface area (Å²) in [6.07, 6.45) is 4.90. The van der Waals surface area contributed by atoms with Gasteiger partial charge in [0, 0.05) is 50.8 Å². The Labute approximate surface area is 211 Å². The summed E-state index contributed by atoms with van der Waals surface area (Å²) in [5.74, 6) is 2.15. The summed E-state index contributed by atoms with van der Waals surface area (Å²) in [6, 6.07) is 10.4. The lowest BCUT2D eigenvalue weighted by atomic mass is 9.97. The van der Waals surface area contributed by atoms with Gasteiger partial charge in [0.2, 0.25) is 5.91 Å². The summed E-state index contributed by atoms with van der Waals surface area (Å²) in [7, 11) is 1.78. The molecule has 1 amide bonds. The van der Waals surface area contributed by atoms with E-state index in [9.17, 15) is 4.79 Å². The molecule has 0 bridgehead atoms. The number of fused-ring (bicyclic) bond motifs is 1. The number of carbonyl (C=O) groups is 1. The number of hydrogen-bond acceptors (Lipinski definition) is 7. The zero-order chi connectivity index (χ0) is 24.0. The number of piperidine rings is 1. The maximum absolute atomic E-state index is 12.7. The number of nitrogens with one attached hydrogen (secondary N) is 1. The molecule has 0 atom stereocenters. The third-order valence-electron chi connectivity index (χ3n) is 7.13. The highest BCUT2D eigenvalue weighted by atomic mass is 32.1. The minimum absolute atomic E-state index is 0.00635. The highest BCUT2D eigenvalue weighted by Crippen LogP contribution is 2.39. The van der Waals surface area contributed by atoms with Crippen LogP contribution >= 0.6 is 11.3 Å². The standard InChI is InChI=1S/C27H35N5O2S/c1-34-18-20-9-14-32(15-10-20)26-25-22(21-7-3-2-4-8-21)19-35-27(25)30-23(29-26)17-24(33)28-11-16-31-12-5-6-13-31/h2-4,7-8,19-20H,5-6,9-18H2,1H3,(H,28,33). The molecule has 8 heteroatoms. The van der Waals surface area contributed by atoms with Crippen molar-refractivity contribution in [1.29, 1.82) is 0 Å². The summed E-state index contributed by atoms with van der Waals surface area (Å²) in [5, 5.41) is 6.35. The summed E-state index contributed by atoms with van der Waals surface area (Å²) >= 11 is 1.64. The number of carbonyl (C=O) groups excluding carboxylic acids is 1. The minimum atomic E-state index is -0.00635. The van der Waals surface area contributed by atoms with Crippen LogP contribution in [0.4, 0.5) is 5.82 Å². The fourth-order valence-electron chi connectivity index (χ4n) is 5.22. The number of aromatic nitrogens is 2. The Kier molecular flexibility index (Phi) is 7.91. The normalized spacial score (nSPS) is 17.3. The Morgan fingerprint density at radius 2 is 1.89 bits per heavy atom. The van der Waals surface area contributed by atoms with Gasteiger partial charge in [0.1, 0.15) is 16.5 Å². The number of amides is 1. The van der Waals surface area contributed by atoms with Gasteiger partial charge in [-0.1, -0.05) is 30.3 Å². The van der Waals surface area contributed by atoms with Gasteiger partial charge in [0.25, 0.3) is 0 Å². The quantitative estimate of drug-likeness (QED) is 0.486. The van der Waals surface area contributed by atoms with E-state index in [0.717, 1.165) is 68.2 Å². The van der Waals surface area contributed by atoms with Gasteiger partial charge in [0.05, 0.1) is 11.8 Å². The highest BCUT2D eigenvalue weighted by molar-refractivity contribution is 7.17. The predicted octanol–water partition coefficient (Wildman–Crippen LogP) is 3.98. The van der Waals surface area contributed by atoms with Gasteiger partial charge in [-0.25, -0.2) is 9.97 Å². The molecule has 0 unspecified atom stereocenters. The number of anilines is 1. The first-order valence-electron chi connectivity index (χ1n) is 12.8. The maximum atomic E-state index is 12.7. The average molecular weight is 494 g/mol. The van der Waals surface area contributed by atoms with Crippen LogP contribution in [0.25, 0.3) is 21.3 Å². The van der Waals surface area contributed by atoms with Crippen molar-refractivity contribution in [2.45, 2.75) is 32.1 Å². The Balaban J connectivity index is 1.38. The van der Waals surface area contributed by atoms with Crippen LogP contribution in [0, 0.1) is 5.92 Å². The minimum Gasteiger partial charge on any atom is -0.384 e. The molecule has 0 spiro atoms. The number of likely N-dealkylation sites (tertiary alicyclic amines) is 1. The van der Waals surface area contributed by atoms with Crippen LogP contribution in [-0.2, 0) is 16.0 Å². The summed E-state index contributed by atoms with van der Waals surface area (Å²) in [4.78, 5) is 28.3. The van der Waals surface area contributed by atoms with E-state index in [1.54, 1.807) is 18.4 Å². The van der Waals surface area contributed by atoms with Crippen LogP contribution in [0.2, 0.25) is 0 Å². The molecule has 0 saturated carbocycles. The van der Waals surface area contributed by atoms with Crippen molar-refractivity contribution in [2.75, 3.05) is 57.9 Å². The molecule has 2 fully saturated rings. The van der Waals surface area contributed by atoms with Crippen molar-refractivity contribution in [1.82, 2.24) is 20.2 Å². The summed E-state index contributed by atoms with van der Waals surface area (Å²) in [5.41, 5.74) is 2.34. The second-order valence-electron chi connectivity index (χ2n) is 9.62. The molecule has 0 aliphatic carbocycles. The van der Waals surface area contributed by atoms with E-state index in [-0.39, 0.29) is 12.3 Å². The van der Waals surface area contributed by atoms with Gasteiger partial charge in [-0.15, -0.1) is 11.3 Å². The fourth-order valence-corrected chi connectivity index (χ4v) is 6.18. The Morgan fingerprint density at radius 3 is 2.63 bits per heavy atom. The van der Waals surface area contributed by atoms with Gasteiger partial charge in [-0.3, -0.25) is 4.79 Å². The molecule has 0 radical (unpaired) electrons. The zero-order valence-electron chi connectivity index (χ0n) is 20.5. The van der Waals surface area contributed by atoms with Gasteiger partial charge < -0.3 is 19.9 Å². The third-order valence-corrected chi connectivity index (χ3v) is 8.00. The Hall–Kier alpha value is -2.55. The maximum Gasteiger partial charge on any atom is 0.227 e. The van der Waals surface area contributed by atoms with Crippen molar-refractivity contribution in [3.05, 3.63) is 41.5 Å². The van der Waals surface area contributed by atoms with E-state index in [0.29, 0.717) is 18.3 Å². The molecule has 1 N–H and O–H groups in total. The number of thiophene rings is 1. The van der Waals surface area contributed by atoms with E-state index in [1.165, 1.54) is 24.0 Å². The lowest BCUT2D eigenvalue weighted by Crippen LogP contribution is -2.36. The Bertz CT molecular complexity index is 1120. The highest BCUT2D eigenvalue weighted by Gasteiger charge is 2.25. The molecule has 3 aromatic rings. The van der Waals surface area contributed by atoms with Gasteiger partial charge >= 0.3 is 0 Å². The first-order chi connectivity index (χ1) is 17.2. The second kappa shape index (κ2) is 11.5. The van der Waals surface area contributed by atoms with Crippen molar-refractivity contribution in [2.24, 2.45) is 5.92 Å². The van der Waals surface area contributed by atoms with Gasteiger partial charge in [-0.05, 0) is 50.3 Å². The molecule has 186 valence electrons. The molecular formula is C27H35N5O2S. The van der Waals surface area contributed by atoms with E-state index in [2.05, 4.69) is 44.8 Å². The number of rotatable bonds is 9. The summed E-state index contributed by atoms with van der Waals surface area (Å²) < 4.78 is 5.39. The largest absolute Gasteiger partial charge is 0.384 e. The lowest BCUT2D eigenvalue weighted by Gasteiger charge is -2.33. The number of hydrogen-bond donors (Lipinski definition) is 1. The molecule has 7 nitrogen and oxygen atoms in total. The fraction of sp³-hybridized carbons (Fsp3) is 0.519. The van der Waals surface area contributed by atoms with E-state index < -0.39 is 0 Å². The number of nitrogens with zero attached hydrogens (tertiary/aromatic N) is 4. The molecule has 2 aliphatic rings. The first-order valence-corrected chi connectivity index (χ1v) is 13.7. The van der Waals surface area contributed by atoms with Crippen LogP contribution in [-0.4, -0.2) is 73.8 Å². The molecule has 4 heterocycles. The van der Waals surface area contributed by atoms with E-state index in [4.69, 9.17) is 14.7 Å². The second-order valence-corrected chi connectivity index (χ2v) is 10.5. The molecule has 35 heavy (non-hydrogen) atoms. The van der Waals surface area contributed by atoms with E-state index >= 15 is 0 Å². The van der Waals surface area contributed by atoms with Crippen LogP contribution in [0.1, 0.15) is 31.5 Å². The lowest BCUT2D eigenvalue weighted by molar-refractivity contribution is -0.120. The molecule has 5 rings (SSSR count). The van der Waals surface area contributed by atoms with Gasteiger partial charge in [-0.2, -0.15) is 0 Å². The van der Waals surface area contributed by atoms with Crippen LogP contribution in [0.15, 0.2) is 35.7 Å². The predicted molar refractivity (Wildman–Crippen MR) is 142 cm³/mol. The SMILES string of the molecule is COCC1CCN(c2nc(CC(=O)NCCN3CCCC3)nc3scc(-c4ccccc4)c23)CC1. The average Bonchev–Trinajstić information content (AvgIpc) is 3.55. The third kappa shape index (κ3) is 5.82. The van der Waals surface area contributed by atoms with Gasteiger partial charge in [0.15, 0.2) is 0 Å². The molecule has 2 aliphatic heterocycles. The van der Waals surface area contributed by atoms with Crippen LogP contribution in [0.3, 0.4) is 0 Å². The number of ether oxygens (including phenoxy) is 1.